The van der Waals surface area contributed by atoms with Gasteiger partial charge in [0.2, 0.25) is 0 Å². The van der Waals surface area contributed by atoms with Crippen molar-refractivity contribution in [2.24, 2.45) is 7.05 Å². The Morgan fingerprint density at radius 1 is 1.28 bits per heavy atom. The first kappa shape index (κ1) is 14.7. The molecule has 0 aliphatic rings. The first-order valence-electron chi connectivity index (χ1n) is 6.24. The average Bonchev–Trinajstić information content (AvgIpc) is 2.41. The maximum absolute atomic E-state index is 11.7. The van der Waals surface area contributed by atoms with Crippen LogP contribution in [0.3, 0.4) is 0 Å². The second-order valence-corrected chi connectivity index (χ2v) is 6.66. The highest BCUT2D eigenvalue weighted by Crippen LogP contribution is 2.22. The van der Waals surface area contributed by atoms with Crippen LogP contribution in [0.15, 0.2) is 6.07 Å². The van der Waals surface area contributed by atoms with Crippen molar-refractivity contribution in [2.45, 2.75) is 59.0 Å². The van der Waals surface area contributed by atoms with E-state index in [0.29, 0.717) is 0 Å². The van der Waals surface area contributed by atoms with E-state index >= 15 is 0 Å². The number of aryl methyl sites for hydroxylation is 1. The minimum atomic E-state index is -0.446. The van der Waals surface area contributed by atoms with E-state index < -0.39 is 5.60 Å². The number of hydrogen-bond acceptors (Lipinski definition) is 3. The van der Waals surface area contributed by atoms with Gasteiger partial charge in [-0.15, -0.1) is 0 Å². The van der Waals surface area contributed by atoms with Crippen LogP contribution in [0.1, 0.15) is 52.9 Å². The van der Waals surface area contributed by atoms with Gasteiger partial charge < -0.3 is 4.74 Å². The van der Waals surface area contributed by atoms with Crippen LogP contribution in [0, 0.1) is 0 Å². The lowest BCUT2D eigenvalue weighted by Crippen LogP contribution is -2.25. The molecule has 0 unspecified atom stereocenters. The summed E-state index contributed by atoms with van der Waals surface area (Å²) in [6.07, 6.45) is 0.223. The molecule has 1 heterocycles. The van der Waals surface area contributed by atoms with Crippen molar-refractivity contribution in [1.29, 1.82) is 0 Å². The lowest BCUT2D eigenvalue weighted by molar-refractivity contribution is -0.154. The Morgan fingerprint density at radius 2 is 1.83 bits per heavy atom. The highest BCUT2D eigenvalue weighted by molar-refractivity contribution is 5.72. The first-order valence-corrected chi connectivity index (χ1v) is 6.24. The lowest BCUT2D eigenvalue weighted by Gasteiger charge is -2.19. The Balaban J connectivity index is 2.79. The summed E-state index contributed by atoms with van der Waals surface area (Å²) in [5, 5.41) is 4.36. The molecule has 0 spiro atoms. The highest BCUT2D eigenvalue weighted by Gasteiger charge is 2.22. The van der Waals surface area contributed by atoms with Gasteiger partial charge in [0.25, 0.3) is 0 Å². The minimum Gasteiger partial charge on any atom is -0.460 e. The van der Waals surface area contributed by atoms with Crippen LogP contribution in [0.4, 0.5) is 0 Å². The standard InChI is InChI=1S/C14H24N2O2/c1-13(2,3)11-8-10(15-16(11)7)9-12(17)18-14(4,5)6/h8H,9H2,1-7H3. The van der Waals surface area contributed by atoms with Crippen molar-refractivity contribution in [3.63, 3.8) is 0 Å². The fourth-order valence-corrected chi connectivity index (χ4v) is 1.84. The number of ether oxygens (including phenoxy) is 1. The Bertz CT molecular complexity index is 434. The molecule has 0 bridgehead atoms. The second-order valence-electron chi connectivity index (χ2n) is 6.66. The van der Waals surface area contributed by atoms with Gasteiger partial charge in [0.15, 0.2) is 0 Å². The summed E-state index contributed by atoms with van der Waals surface area (Å²) < 4.78 is 7.12. The summed E-state index contributed by atoms with van der Waals surface area (Å²) in [5.41, 5.74) is 1.45. The van der Waals surface area contributed by atoms with E-state index in [1.807, 2.05) is 38.6 Å². The first-order chi connectivity index (χ1) is 7.99. The number of nitrogens with zero attached hydrogens (tertiary/aromatic N) is 2. The van der Waals surface area contributed by atoms with E-state index in [1.54, 1.807) is 0 Å². The predicted molar refractivity (Wildman–Crippen MR) is 71.5 cm³/mol. The largest absolute Gasteiger partial charge is 0.460 e. The molecule has 0 saturated carbocycles. The third-order valence-corrected chi connectivity index (χ3v) is 2.44. The Hall–Kier alpha value is -1.32. The van der Waals surface area contributed by atoms with Crippen LogP contribution in [-0.2, 0) is 28.4 Å². The summed E-state index contributed by atoms with van der Waals surface area (Å²) in [4.78, 5) is 11.7. The summed E-state index contributed by atoms with van der Waals surface area (Å²) in [6.45, 7) is 12.0. The van der Waals surface area contributed by atoms with Crippen LogP contribution in [0.5, 0.6) is 0 Å². The van der Waals surface area contributed by atoms with Gasteiger partial charge in [-0.05, 0) is 26.8 Å². The third-order valence-electron chi connectivity index (χ3n) is 2.44. The number of carbonyl (C=O) groups excluding carboxylic acids is 1. The van der Waals surface area contributed by atoms with E-state index in [4.69, 9.17) is 4.74 Å². The number of rotatable bonds is 2. The molecular formula is C14H24N2O2. The minimum absolute atomic E-state index is 0.0218. The van der Waals surface area contributed by atoms with Gasteiger partial charge in [0.1, 0.15) is 5.60 Å². The molecule has 0 fully saturated rings. The zero-order chi connectivity index (χ0) is 14.1. The molecule has 0 aliphatic heterocycles. The van der Waals surface area contributed by atoms with Gasteiger partial charge in [0.05, 0.1) is 12.1 Å². The van der Waals surface area contributed by atoms with E-state index in [-0.39, 0.29) is 17.8 Å². The SMILES string of the molecule is Cn1nc(CC(=O)OC(C)(C)C)cc1C(C)(C)C. The zero-order valence-electron chi connectivity index (χ0n) is 12.5. The maximum Gasteiger partial charge on any atom is 0.312 e. The van der Waals surface area contributed by atoms with Gasteiger partial charge in [-0.3, -0.25) is 9.48 Å². The van der Waals surface area contributed by atoms with Crippen LogP contribution < -0.4 is 0 Å². The van der Waals surface area contributed by atoms with Gasteiger partial charge in [0, 0.05) is 18.2 Å². The Kier molecular flexibility index (Phi) is 3.89. The Morgan fingerprint density at radius 3 is 2.22 bits per heavy atom. The molecular weight excluding hydrogens is 228 g/mol. The van der Waals surface area contributed by atoms with Crippen molar-refractivity contribution < 1.29 is 9.53 Å². The third kappa shape index (κ3) is 4.17. The topological polar surface area (TPSA) is 44.1 Å². The molecule has 1 aromatic heterocycles. The number of hydrogen-bond donors (Lipinski definition) is 0. The van der Waals surface area contributed by atoms with Gasteiger partial charge in [-0.25, -0.2) is 0 Å². The summed E-state index contributed by atoms with van der Waals surface area (Å²) in [7, 11) is 1.90. The molecule has 4 heteroatoms. The molecule has 1 aromatic rings. The van der Waals surface area contributed by atoms with Crippen molar-refractivity contribution in [1.82, 2.24) is 9.78 Å². The van der Waals surface area contributed by atoms with Crippen molar-refractivity contribution in [3.8, 4) is 0 Å². The van der Waals surface area contributed by atoms with Gasteiger partial charge in [-0.1, -0.05) is 20.8 Å². The molecule has 0 radical (unpaired) electrons. The van der Waals surface area contributed by atoms with E-state index in [2.05, 4.69) is 25.9 Å². The molecule has 0 amide bonds. The normalized spacial score (nSPS) is 12.6. The van der Waals surface area contributed by atoms with E-state index in [0.717, 1.165) is 11.4 Å². The van der Waals surface area contributed by atoms with E-state index in [1.165, 1.54) is 0 Å². The maximum atomic E-state index is 11.7. The molecule has 0 aliphatic carbocycles. The van der Waals surface area contributed by atoms with Crippen molar-refractivity contribution >= 4 is 5.97 Å². The Labute approximate surface area is 109 Å². The summed E-state index contributed by atoms with van der Waals surface area (Å²) in [6, 6.07) is 1.98. The second kappa shape index (κ2) is 4.75. The fourth-order valence-electron chi connectivity index (χ4n) is 1.84. The summed E-state index contributed by atoms with van der Waals surface area (Å²) in [5.74, 6) is -0.235. The van der Waals surface area contributed by atoms with Crippen LogP contribution >= 0.6 is 0 Å². The molecule has 0 atom stereocenters. The number of aromatic nitrogens is 2. The molecule has 102 valence electrons. The predicted octanol–water partition coefficient (Wildman–Crippen LogP) is 2.60. The zero-order valence-corrected chi connectivity index (χ0v) is 12.5. The smallest absolute Gasteiger partial charge is 0.312 e. The van der Waals surface area contributed by atoms with Crippen LogP contribution in [0.25, 0.3) is 0 Å². The molecule has 0 aromatic carbocycles. The van der Waals surface area contributed by atoms with Crippen molar-refractivity contribution in [2.75, 3.05) is 0 Å². The van der Waals surface area contributed by atoms with Crippen LogP contribution in [-0.4, -0.2) is 21.4 Å². The highest BCUT2D eigenvalue weighted by atomic mass is 16.6. The van der Waals surface area contributed by atoms with Gasteiger partial charge in [-0.2, -0.15) is 5.10 Å². The average molecular weight is 252 g/mol. The fraction of sp³-hybridized carbons (Fsp3) is 0.714. The molecule has 18 heavy (non-hydrogen) atoms. The molecule has 4 nitrogen and oxygen atoms in total. The van der Waals surface area contributed by atoms with E-state index in [9.17, 15) is 4.79 Å². The van der Waals surface area contributed by atoms with Crippen LogP contribution in [0.2, 0.25) is 0 Å². The molecule has 0 saturated heterocycles. The molecule has 1 rings (SSSR count). The number of esters is 1. The number of carbonyl (C=O) groups is 1. The quantitative estimate of drug-likeness (QED) is 0.760. The van der Waals surface area contributed by atoms with Gasteiger partial charge >= 0.3 is 5.97 Å². The summed E-state index contributed by atoms with van der Waals surface area (Å²) >= 11 is 0. The lowest BCUT2D eigenvalue weighted by atomic mass is 9.92. The monoisotopic (exact) mass is 252 g/mol. The van der Waals surface area contributed by atoms with Crippen molar-refractivity contribution in [3.05, 3.63) is 17.5 Å². The molecule has 0 N–H and O–H groups in total.